The molecule has 0 aromatic carbocycles. The number of thiazole rings is 4. The fourth-order valence-electron chi connectivity index (χ4n) is 13.4. The number of unbranched alkanes of at least 4 members (excludes halogenated alkanes) is 5. The molecule has 118 heavy (non-hydrogen) atoms. The van der Waals surface area contributed by atoms with E-state index in [-0.39, 0.29) is 100 Å². The molecule has 3 unspecified atom stereocenters. The molecule has 9 heterocycles. The Bertz CT molecular complexity index is 4760. The first kappa shape index (κ1) is 91.2. The Morgan fingerprint density at radius 3 is 2.16 bits per heavy atom. The van der Waals surface area contributed by atoms with E-state index in [1.807, 2.05) is 6.92 Å². The third kappa shape index (κ3) is 21.2. The Morgan fingerprint density at radius 2 is 1.47 bits per heavy atom. The summed E-state index contributed by atoms with van der Waals surface area (Å²) in [6.07, 6.45) is 3.45. The molecule has 0 fully saturated rings. The van der Waals surface area contributed by atoms with Crippen LogP contribution in [0.4, 0.5) is 0 Å². The molecular weight excluding hydrogens is 1640 g/mol. The molecule has 13 bridgehead atoms. The molecule has 18 atom stereocenters. The zero-order valence-electron chi connectivity index (χ0n) is 66.8. The van der Waals surface area contributed by atoms with Crippen LogP contribution in [0.2, 0.25) is 0 Å². The van der Waals surface area contributed by atoms with Crippen LogP contribution >= 0.6 is 68.9 Å². The summed E-state index contributed by atoms with van der Waals surface area (Å²) in [4.78, 5) is 193. The van der Waals surface area contributed by atoms with Crippen molar-refractivity contribution in [1.82, 2.24) is 78.1 Å². The first-order valence-corrected chi connectivity index (χ1v) is 44.4. The van der Waals surface area contributed by atoms with Gasteiger partial charge in [0.2, 0.25) is 35.4 Å². The molecule has 17 N–H and O–H groups in total. The fourth-order valence-corrected chi connectivity index (χ4v) is 19.3. The number of amides is 10. The molecule has 1 aliphatic carbocycles. The number of rotatable bonds is 19. The van der Waals surface area contributed by atoms with Gasteiger partial charge >= 0.3 is 5.97 Å². The van der Waals surface area contributed by atoms with E-state index in [1.54, 1.807) is 26.0 Å². The summed E-state index contributed by atoms with van der Waals surface area (Å²) in [5.74, 6) is -9.45. The van der Waals surface area contributed by atoms with Gasteiger partial charge in [0.05, 0.1) is 58.9 Å². The normalized spacial score (nSPS) is 26.8. The number of hydrogen-bond donors (Lipinski definition) is 16. The van der Waals surface area contributed by atoms with Crippen LogP contribution in [-0.2, 0) is 43.8 Å². The third-order valence-corrected chi connectivity index (χ3v) is 26.9. The van der Waals surface area contributed by atoms with Crippen molar-refractivity contribution in [3.63, 3.8) is 0 Å². The summed E-state index contributed by atoms with van der Waals surface area (Å²) < 4.78 is 6.30. The van der Waals surface area contributed by atoms with Gasteiger partial charge in [-0.15, -0.1) is 57.1 Å². The number of allylic oxidation sites excluding steroid dienone is 1. The van der Waals surface area contributed by atoms with Crippen molar-refractivity contribution in [1.29, 1.82) is 0 Å². The average Bonchev–Trinajstić information content (AvgIpc) is 1.47. The molecule has 0 saturated carbocycles. The summed E-state index contributed by atoms with van der Waals surface area (Å²) in [5, 5.41) is 91.5. The van der Waals surface area contributed by atoms with E-state index in [1.165, 1.54) is 93.9 Å². The molecule has 10 amide bonds. The number of ether oxygens (including phenoxy) is 1. The van der Waals surface area contributed by atoms with Gasteiger partial charge in [0.25, 0.3) is 23.6 Å². The van der Waals surface area contributed by atoms with Crippen LogP contribution in [0.5, 0.6) is 0 Å². The highest BCUT2D eigenvalue weighted by atomic mass is 32.2. The van der Waals surface area contributed by atoms with Gasteiger partial charge in [0.15, 0.2) is 0 Å². The summed E-state index contributed by atoms with van der Waals surface area (Å²) in [6.45, 7) is 20.4. The van der Waals surface area contributed by atoms with Crippen molar-refractivity contribution in [2.75, 3.05) is 17.3 Å². The van der Waals surface area contributed by atoms with E-state index in [0.29, 0.717) is 6.42 Å². The number of aliphatic imine (C=N–C) groups is 2. The average molecular weight is 1740 g/mol. The van der Waals surface area contributed by atoms with Gasteiger partial charge in [-0.1, -0.05) is 84.1 Å². The molecule has 5 aliphatic rings. The number of pyridine rings is 1. The molecule has 0 saturated heterocycles. The predicted octanol–water partition coefficient (Wildman–Crippen LogP) is 4.09. The topological polar surface area (TPSA) is 534 Å². The predicted molar refractivity (Wildman–Crippen MR) is 446 cm³/mol. The molecule has 41 heteroatoms. The second-order valence-electron chi connectivity index (χ2n) is 29.8. The second kappa shape index (κ2) is 39.8. The molecule has 4 aliphatic heterocycles. The summed E-state index contributed by atoms with van der Waals surface area (Å²) >= 11 is 6.11. The maximum absolute atomic E-state index is 15.5. The summed E-state index contributed by atoms with van der Waals surface area (Å²) in [7, 11) is 0. The number of aliphatic hydroxyl groups is 5. The zero-order chi connectivity index (χ0) is 85.9. The van der Waals surface area contributed by atoms with E-state index >= 15 is 14.4 Å². The number of nitrogens with one attached hydrogen (secondary N) is 10. The number of cyclic esters (lactones) is 1. The first-order chi connectivity index (χ1) is 56.0. The van der Waals surface area contributed by atoms with Gasteiger partial charge < -0.3 is 83.9 Å². The standard InChI is InChI=1S/C77H100N18O17S6/c1-13-16-17-18-19-20-25-113-27-48(60(78)100)86-64(104)49-29-115-71(89-49)45-23-24-77-58(84-45)47-28-116-72(87-47)55(93-65(105)50-31-117-73(90-50)59(76(12,111)40(11)98)94-67(107)51-30-114-70(88-51)43(15-3)85-69(109)54(38(9)97)92-66(106)52-32-118-75(77)91-52)39(10)112-74(110)46-26-42(37(8)96)41-21-22-44(57(99)56(41)83-46)82-53(33(4)14-2)68(108)81-35(6)62(102)79-34(5)61(101)80-36(7)63(103)95-77/h15,21-22,26,28-29,31-33,35-40,44,48,51,53-55,57-59,82,96-99,111H,5,13-14,16-20,23-25,27,30H2,1-4,6-12H3,(H2,78,100)(H,79,102)(H,80,101)(H,81,108)(H,85,109)(H,86,104)(H,92,106)(H,93,105)(H,94,107)(H,95,103)/b43-15-/t33-,35-,36-,37-,38+,39+,40+,44?,48?,51-,53-,54-,55-,57-,58+,59+,76+,77?/m0/s1. The lowest BCUT2D eigenvalue weighted by atomic mass is 9.80. The monoisotopic (exact) mass is 1740 g/mol. The van der Waals surface area contributed by atoms with Crippen LogP contribution in [-0.4, -0.2) is 210 Å². The maximum Gasteiger partial charge on any atom is 0.357 e. The highest BCUT2D eigenvalue weighted by Gasteiger charge is 2.51. The van der Waals surface area contributed by atoms with E-state index in [0.717, 1.165) is 101 Å². The molecule has 5 aromatic heterocycles. The van der Waals surface area contributed by atoms with Gasteiger partial charge in [-0.2, -0.15) is 11.8 Å². The maximum atomic E-state index is 15.5. The number of aliphatic hydroxyl groups excluding tert-OH is 4. The van der Waals surface area contributed by atoms with Crippen molar-refractivity contribution in [3.8, 4) is 0 Å². The molecule has 0 radical (unpaired) electrons. The number of thioether (sulfide) groups is 2. The van der Waals surface area contributed by atoms with E-state index in [4.69, 9.17) is 30.4 Å². The highest BCUT2D eigenvalue weighted by Crippen LogP contribution is 2.48. The number of carbonyl (C=O) groups is 11. The summed E-state index contributed by atoms with van der Waals surface area (Å²) in [5.41, 5.74) is 0.397. The fraction of sp³-hybridized carbons (Fsp3) is 0.532. The number of fused-ring (bicyclic) bond motifs is 7. The van der Waals surface area contributed by atoms with E-state index in [2.05, 4.69) is 81.6 Å². The number of carbonyl (C=O) groups excluding carboxylic acids is 11. The minimum atomic E-state index is -2.19. The Morgan fingerprint density at radius 1 is 0.771 bits per heavy atom. The number of primary amides is 1. The summed E-state index contributed by atoms with van der Waals surface area (Å²) in [6, 6.07) is -12.4. The van der Waals surface area contributed by atoms with Crippen LogP contribution < -0.4 is 58.9 Å². The van der Waals surface area contributed by atoms with Crippen molar-refractivity contribution in [2.45, 2.75) is 236 Å². The van der Waals surface area contributed by atoms with E-state index < -0.39 is 184 Å². The minimum Gasteiger partial charge on any atom is -0.455 e. The first-order valence-electron chi connectivity index (χ1n) is 38.7. The molecule has 5 aromatic rings. The van der Waals surface area contributed by atoms with Crippen LogP contribution in [0.3, 0.4) is 0 Å². The van der Waals surface area contributed by atoms with Gasteiger partial charge in [-0.05, 0) is 98.0 Å². The number of nitrogens with two attached hydrogens (primary N) is 1. The second-order valence-corrected chi connectivity index (χ2v) is 35.5. The zero-order valence-corrected chi connectivity index (χ0v) is 71.7. The Hall–Kier alpha value is -9.14. The molecule has 10 rings (SSSR count). The Labute approximate surface area is 705 Å². The number of aromatic nitrogens is 5. The van der Waals surface area contributed by atoms with Crippen LogP contribution in [0.15, 0.2) is 67.7 Å². The van der Waals surface area contributed by atoms with Gasteiger partial charge in [-0.25, -0.2) is 29.7 Å². The van der Waals surface area contributed by atoms with Crippen molar-refractivity contribution < 1.29 is 83.0 Å². The lowest BCUT2D eigenvalue weighted by molar-refractivity contribution is -0.131. The highest BCUT2D eigenvalue weighted by molar-refractivity contribution is 8.14. The third-order valence-electron chi connectivity index (χ3n) is 20.9. The Balaban J connectivity index is 1.15. The van der Waals surface area contributed by atoms with Gasteiger partial charge in [-0.3, -0.25) is 63.2 Å². The van der Waals surface area contributed by atoms with Crippen LogP contribution in [0.1, 0.15) is 249 Å². The number of hydrogen-bond acceptors (Lipinski definition) is 31. The quantitative estimate of drug-likeness (QED) is 0.0314. The van der Waals surface area contributed by atoms with Crippen molar-refractivity contribution in [2.24, 2.45) is 21.6 Å². The van der Waals surface area contributed by atoms with Crippen molar-refractivity contribution in [3.05, 3.63) is 123 Å². The smallest absolute Gasteiger partial charge is 0.357 e. The molecule has 0 spiro atoms. The number of esters is 1. The van der Waals surface area contributed by atoms with Crippen LogP contribution in [0, 0.1) is 5.92 Å². The molecule has 35 nitrogen and oxygen atoms in total. The SMILES string of the molecule is C=C1NC(=O)[C@H](C)NC(=O)[C@H]([C@@H](C)CC)NC2C=Cc3c([C@H](C)O)cc(nc3[C@H]2O)C(=O)O[C@H](C)[C@@H]2NC(=O)c3csc(n3)[C@H]([C@](C)(O)[C@@H](C)O)NC(=O)[C@@H]3CSC(=N3)/C(=C/C)NC(=O)[C@H]([C@@H](C)O)NC(=O)c3csc(n3)C3(CCC(c4nc(C(=O)NC(CSCCCCCCCC)C(N)=O)cs4)=N[C@@H]3c3csc2n3)NC(=O)[C@H](C)NC1=O. The molecular formula is C77H100N18O17S6. The minimum absolute atomic E-state index is 0.00223. The van der Waals surface area contributed by atoms with E-state index in [9.17, 15) is 63.9 Å². The van der Waals surface area contributed by atoms with Crippen molar-refractivity contribution >= 4 is 151 Å². The largest absolute Gasteiger partial charge is 0.455 e. The van der Waals surface area contributed by atoms with Gasteiger partial charge in [0.1, 0.15) is 120 Å². The van der Waals surface area contributed by atoms with Gasteiger partial charge in [0, 0.05) is 38.6 Å². The molecule has 636 valence electrons. The lowest BCUT2D eigenvalue weighted by Gasteiger charge is -2.41. The Kier molecular flexibility index (Phi) is 30.8. The number of nitrogens with zero attached hydrogens (tertiary/aromatic N) is 7. The van der Waals surface area contributed by atoms with Crippen LogP contribution in [0.25, 0.3) is 6.08 Å². The lowest BCUT2D eigenvalue weighted by Crippen LogP contribution is -2.57.